The number of carboxylic acids is 1. The van der Waals surface area contributed by atoms with E-state index in [0.717, 1.165) is 10.1 Å². The van der Waals surface area contributed by atoms with E-state index in [9.17, 15) is 18.8 Å². The maximum atomic E-state index is 13.6. The van der Waals surface area contributed by atoms with E-state index in [4.69, 9.17) is 5.11 Å². The van der Waals surface area contributed by atoms with Crippen molar-refractivity contribution in [3.8, 4) is 0 Å². The van der Waals surface area contributed by atoms with Crippen LogP contribution in [0.1, 0.15) is 35.3 Å². The molecular formula is C23H23FN6O4S. The molecule has 12 heteroatoms. The Balaban J connectivity index is 1.54. The van der Waals surface area contributed by atoms with Crippen LogP contribution in [0.25, 0.3) is 21.1 Å². The zero-order valence-electron chi connectivity index (χ0n) is 19.2. The van der Waals surface area contributed by atoms with Crippen LogP contribution < -0.4 is 16.0 Å². The van der Waals surface area contributed by atoms with Gasteiger partial charge in [0.2, 0.25) is 0 Å². The number of carbonyl (C=O) groups is 3. The standard InChI is InChI=1S/C23H23FN6O4S/c1-11-4-5-13(7-14(11)20(33)25-10-17(31)32)29-23(2,3)21(34)28-22-27-18-12(8-24)6-16-15(9-26-30-16)19(18)35-22/h4-7,9,29H,8,10H2,1-3H3,(H,25,33)(H,26,30)(H,31,32)(H,27,28,34). The zero-order chi connectivity index (χ0) is 25.3. The van der Waals surface area contributed by atoms with Gasteiger partial charge in [-0.3, -0.25) is 24.8 Å². The van der Waals surface area contributed by atoms with E-state index in [-0.39, 0.29) is 5.91 Å². The third kappa shape index (κ3) is 4.92. The van der Waals surface area contributed by atoms with E-state index in [2.05, 4.69) is 31.1 Å². The summed E-state index contributed by atoms with van der Waals surface area (Å²) in [5.74, 6) is -2.07. The largest absolute Gasteiger partial charge is 0.480 e. The van der Waals surface area contributed by atoms with Crippen LogP contribution in [0.5, 0.6) is 0 Å². The van der Waals surface area contributed by atoms with Crippen molar-refractivity contribution in [3.63, 3.8) is 0 Å². The minimum Gasteiger partial charge on any atom is -0.480 e. The lowest BCUT2D eigenvalue weighted by atomic mass is 10.0. The molecule has 0 saturated heterocycles. The second-order valence-corrected chi connectivity index (χ2v) is 9.51. The van der Waals surface area contributed by atoms with E-state index in [1.807, 2.05) is 0 Å². The number of nitrogens with one attached hydrogen (secondary N) is 4. The maximum Gasteiger partial charge on any atom is 0.322 e. The van der Waals surface area contributed by atoms with Gasteiger partial charge >= 0.3 is 5.97 Å². The quantitative estimate of drug-likeness (QED) is 0.249. The molecule has 10 nitrogen and oxygen atoms in total. The molecular weight excluding hydrogens is 475 g/mol. The number of anilines is 2. The zero-order valence-corrected chi connectivity index (χ0v) is 20.0. The molecule has 0 atom stereocenters. The monoisotopic (exact) mass is 498 g/mol. The van der Waals surface area contributed by atoms with E-state index in [1.54, 1.807) is 51.2 Å². The first-order valence-electron chi connectivity index (χ1n) is 10.6. The first kappa shape index (κ1) is 24.1. The van der Waals surface area contributed by atoms with Gasteiger partial charge in [0, 0.05) is 22.2 Å². The van der Waals surface area contributed by atoms with Gasteiger partial charge < -0.3 is 15.7 Å². The predicted octanol–water partition coefficient (Wildman–Crippen LogP) is 3.59. The lowest BCUT2D eigenvalue weighted by Gasteiger charge is -2.26. The number of thiazole rings is 1. The van der Waals surface area contributed by atoms with Crippen molar-refractivity contribution in [1.82, 2.24) is 20.5 Å². The van der Waals surface area contributed by atoms with Crippen LogP contribution in [0.2, 0.25) is 0 Å². The SMILES string of the molecule is Cc1ccc(NC(C)(C)C(=O)Nc2nc3c(CF)cc4[nH]ncc4c3s2)cc1C(=O)NCC(=O)O. The Hall–Kier alpha value is -4.06. The van der Waals surface area contributed by atoms with E-state index < -0.39 is 30.6 Å². The Labute approximate surface area is 202 Å². The summed E-state index contributed by atoms with van der Waals surface area (Å²) in [5.41, 5.74) is 1.90. The molecule has 0 unspecified atom stereocenters. The summed E-state index contributed by atoms with van der Waals surface area (Å²) in [6.07, 6.45) is 1.64. The number of amides is 2. The Kier molecular flexibility index (Phi) is 6.39. The second kappa shape index (κ2) is 9.29. The van der Waals surface area contributed by atoms with Gasteiger partial charge in [-0.2, -0.15) is 5.10 Å². The van der Waals surface area contributed by atoms with Crippen molar-refractivity contribution in [2.75, 3.05) is 17.2 Å². The Morgan fingerprint density at radius 1 is 1.23 bits per heavy atom. The highest BCUT2D eigenvalue weighted by Gasteiger charge is 2.29. The Morgan fingerprint density at radius 3 is 2.71 bits per heavy atom. The van der Waals surface area contributed by atoms with Crippen LogP contribution >= 0.6 is 11.3 Å². The Morgan fingerprint density at radius 2 is 2.00 bits per heavy atom. The smallest absolute Gasteiger partial charge is 0.322 e. The van der Waals surface area contributed by atoms with Crippen LogP contribution in [0.4, 0.5) is 15.2 Å². The normalized spacial score (nSPS) is 11.5. The van der Waals surface area contributed by atoms with Crippen molar-refractivity contribution in [1.29, 1.82) is 0 Å². The molecule has 2 aromatic carbocycles. The minimum absolute atomic E-state index is 0.293. The average Bonchev–Trinajstić information content (AvgIpc) is 3.44. The molecule has 0 fully saturated rings. The molecule has 0 spiro atoms. The molecule has 5 N–H and O–H groups in total. The highest BCUT2D eigenvalue weighted by Crippen LogP contribution is 2.35. The van der Waals surface area contributed by atoms with Gasteiger partial charge in [0.05, 0.1) is 21.9 Å². The molecule has 2 heterocycles. The van der Waals surface area contributed by atoms with Crippen molar-refractivity contribution in [2.45, 2.75) is 33.0 Å². The third-order valence-electron chi connectivity index (χ3n) is 5.43. The number of carboxylic acid groups (broad SMARTS) is 1. The van der Waals surface area contributed by atoms with Gasteiger partial charge in [-0.15, -0.1) is 0 Å². The van der Waals surface area contributed by atoms with Crippen LogP contribution in [0.15, 0.2) is 30.5 Å². The van der Waals surface area contributed by atoms with Gasteiger partial charge in [0.15, 0.2) is 5.13 Å². The summed E-state index contributed by atoms with van der Waals surface area (Å²) in [5, 5.41) is 25.0. The first-order valence-corrected chi connectivity index (χ1v) is 11.4. The molecule has 0 bridgehead atoms. The Bertz CT molecular complexity index is 1460. The maximum absolute atomic E-state index is 13.6. The van der Waals surface area contributed by atoms with Crippen LogP contribution in [-0.2, 0) is 16.3 Å². The number of alkyl halides is 1. The van der Waals surface area contributed by atoms with Crippen molar-refractivity contribution < 1.29 is 23.9 Å². The average molecular weight is 499 g/mol. The summed E-state index contributed by atoms with van der Waals surface area (Å²) >= 11 is 1.23. The number of hydrogen-bond donors (Lipinski definition) is 5. The number of aromatic nitrogens is 3. The predicted molar refractivity (Wildman–Crippen MR) is 132 cm³/mol. The van der Waals surface area contributed by atoms with E-state index in [1.165, 1.54) is 11.3 Å². The van der Waals surface area contributed by atoms with Gasteiger partial charge in [-0.05, 0) is 44.5 Å². The number of aryl methyl sites for hydroxylation is 1. The number of nitrogens with zero attached hydrogens (tertiary/aromatic N) is 2. The fourth-order valence-corrected chi connectivity index (χ4v) is 4.59. The number of halogens is 1. The summed E-state index contributed by atoms with van der Waals surface area (Å²) in [6.45, 7) is 3.86. The topological polar surface area (TPSA) is 149 Å². The van der Waals surface area contributed by atoms with Gasteiger partial charge in [0.25, 0.3) is 11.8 Å². The summed E-state index contributed by atoms with van der Waals surface area (Å²) < 4.78 is 14.3. The summed E-state index contributed by atoms with van der Waals surface area (Å²) in [7, 11) is 0. The number of H-pyrrole nitrogens is 1. The fraction of sp³-hybridized carbons (Fsp3) is 0.261. The van der Waals surface area contributed by atoms with Crippen LogP contribution in [0.3, 0.4) is 0 Å². The molecule has 0 saturated carbocycles. The number of carbonyl (C=O) groups excluding carboxylic acids is 2. The minimum atomic E-state index is -1.15. The van der Waals surface area contributed by atoms with Crippen molar-refractivity contribution in [2.24, 2.45) is 0 Å². The van der Waals surface area contributed by atoms with Gasteiger partial charge in [0.1, 0.15) is 18.8 Å². The molecule has 182 valence electrons. The van der Waals surface area contributed by atoms with Crippen LogP contribution in [0, 0.1) is 6.92 Å². The highest BCUT2D eigenvalue weighted by molar-refractivity contribution is 7.23. The molecule has 35 heavy (non-hydrogen) atoms. The third-order valence-corrected chi connectivity index (χ3v) is 6.44. The van der Waals surface area contributed by atoms with Crippen LogP contribution in [-0.4, -0.2) is 50.2 Å². The molecule has 4 rings (SSSR count). The fourth-order valence-electron chi connectivity index (χ4n) is 3.57. The van der Waals surface area contributed by atoms with Gasteiger partial charge in [-0.25, -0.2) is 9.37 Å². The number of aromatic amines is 1. The van der Waals surface area contributed by atoms with E-state index >= 15 is 0 Å². The number of hydrogen-bond acceptors (Lipinski definition) is 7. The highest BCUT2D eigenvalue weighted by atomic mass is 32.1. The molecule has 0 aliphatic heterocycles. The van der Waals surface area contributed by atoms with Gasteiger partial charge in [-0.1, -0.05) is 17.4 Å². The number of rotatable bonds is 8. The summed E-state index contributed by atoms with van der Waals surface area (Å²) in [4.78, 5) is 40.6. The number of benzene rings is 2. The number of aliphatic carboxylic acids is 1. The van der Waals surface area contributed by atoms with Crippen molar-refractivity contribution >= 4 is 61.1 Å². The van der Waals surface area contributed by atoms with Crippen molar-refractivity contribution in [3.05, 3.63) is 47.2 Å². The molecule has 0 aliphatic carbocycles. The lowest BCUT2D eigenvalue weighted by Crippen LogP contribution is -2.44. The molecule has 2 aromatic heterocycles. The summed E-state index contributed by atoms with van der Waals surface area (Å²) in [6, 6.07) is 6.64. The van der Waals surface area contributed by atoms with E-state index in [0.29, 0.717) is 38.5 Å². The molecule has 0 radical (unpaired) electrons. The first-order chi connectivity index (χ1) is 16.6. The lowest BCUT2D eigenvalue weighted by molar-refractivity contribution is -0.135. The molecule has 4 aromatic rings. The molecule has 0 aliphatic rings. The second-order valence-electron chi connectivity index (χ2n) is 8.51. The number of fused-ring (bicyclic) bond motifs is 3. The molecule has 2 amide bonds.